The highest BCUT2D eigenvalue weighted by Crippen LogP contribution is 2.30. The van der Waals surface area contributed by atoms with Crippen molar-refractivity contribution in [2.75, 3.05) is 13.2 Å². The Hall–Kier alpha value is -1.36. The number of carbonyl (C=O) groups is 1. The van der Waals surface area contributed by atoms with E-state index in [1.165, 1.54) is 13.0 Å². The maximum Gasteiger partial charge on any atom is 0.416 e. The standard InChI is InChI=1S/C13H15F3O2/c1-3-18-7-6-12(17)11-5-4-10(8-9(11)2)13(14,15)16/h4-5,8H,3,6-7H2,1-2H3. The first-order chi connectivity index (χ1) is 8.36. The first kappa shape index (κ1) is 14.7. The summed E-state index contributed by atoms with van der Waals surface area (Å²) in [6.07, 6.45) is -4.20. The van der Waals surface area contributed by atoms with Crippen LogP contribution in [0.3, 0.4) is 0 Å². The number of alkyl halides is 3. The van der Waals surface area contributed by atoms with E-state index in [-0.39, 0.29) is 18.8 Å². The van der Waals surface area contributed by atoms with Crippen molar-refractivity contribution in [3.8, 4) is 0 Å². The second-order valence-electron chi connectivity index (χ2n) is 3.90. The molecule has 100 valence electrons. The smallest absolute Gasteiger partial charge is 0.381 e. The first-order valence-corrected chi connectivity index (χ1v) is 5.65. The normalized spacial score (nSPS) is 11.6. The van der Waals surface area contributed by atoms with Crippen LogP contribution in [0.15, 0.2) is 18.2 Å². The molecule has 0 fully saturated rings. The lowest BCUT2D eigenvalue weighted by Crippen LogP contribution is -2.09. The third kappa shape index (κ3) is 3.84. The van der Waals surface area contributed by atoms with Crippen LogP contribution < -0.4 is 0 Å². The number of aryl methyl sites for hydroxylation is 1. The summed E-state index contributed by atoms with van der Waals surface area (Å²) >= 11 is 0. The molecule has 0 N–H and O–H groups in total. The van der Waals surface area contributed by atoms with Crippen LogP contribution in [0.1, 0.15) is 34.8 Å². The molecule has 0 unspecified atom stereocenters. The molecule has 0 saturated heterocycles. The molecule has 1 aromatic rings. The fourth-order valence-electron chi connectivity index (χ4n) is 1.60. The van der Waals surface area contributed by atoms with Gasteiger partial charge in [0.05, 0.1) is 12.2 Å². The van der Waals surface area contributed by atoms with Gasteiger partial charge in [0.1, 0.15) is 0 Å². The van der Waals surface area contributed by atoms with Crippen molar-refractivity contribution in [2.45, 2.75) is 26.4 Å². The van der Waals surface area contributed by atoms with Crippen molar-refractivity contribution in [1.82, 2.24) is 0 Å². The fraction of sp³-hybridized carbons (Fsp3) is 0.462. The van der Waals surface area contributed by atoms with Gasteiger partial charge in [0, 0.05) is 18.6 Å². The van der Waals surface area contributed by atoms with Crippen molar-refractivity contribution >= 4 is 5.78 Å². The van der Waals surface area contributed by atoms with E-state index in [9.17, 15) is 18.0 Å². The highest BCUT2D eigenvalue weighted by Gasteiger charge is 2.30. The molecule has 0 saturated carbocycles. The van der Waals surface area contributed by atoms with Gasteiger partial charge in [0.25, 0.3) is 0 Å². The summed E-state index contributed by atoms with van der Waals surface area (Å²) < 4.78 is 42.4. The van der Waals surface area contributed by atoms with Crippen LogP contribution in [0.4, 0.5) is 13.2 Å². The van der Waals surface area contributed by atoms with E-state index in [2.05, 4.69) is 0 Å². The second-order valence-corrected chi connectivity index (χ2v) is 3.90. The molecule has 0 spiro atoms. The monoisotopic (exact) mass is 260 g/mol. The molecule has 0 aliphatic carbocycles. The minimum atomic E-state index is -4.38. The van der Waals surface area contributed by atoms with Crippen LogP contribution in [0.2, 0.25) is 0 Å². The number of benzene rings is 1. The lowest BCUT2D eigenvalue weighted by atomic mass is 10.00. The van der Waals surface area contributed by atoms with Gasteiger partial charge in [0.15, 0.2) is 5.78 Å². The van der Waals surface area contributed by atoms with Crippen molar-refractivity contribution in [2.24, 2.45) is 0 Å². The van der Waals surface area contributed by atoms with E-state index >= 15 is 0 Å². The van der Waals surface area contributed by atoms with E-state index in [0.29, 0.717) is 17.7 Å². The quantitative estimate of drug-likeness (QED) is 0.597. The van der Waals surface area contributed by atoms with Gasteiger partial charge in [-0.2, -0.15) is 13.2 Å². The molecule has 0 heterocycles. The van der Waals surface area contributed by atoms with Gasteiger partial charge in [-0.15, -0.1) is 0 Å². The van der Waals surface area contributed by atoms with Crippen LogP contribution in [0.5, 0.6) is 0 Å². The summed E-state index contributed by atoms with van der Waals surface area (Å²) in [4.78, 5) is 11.7. The van der Waals surface area contributed by atoms with Gasteiger partial charge < -0.3 is 4.74 Å². The van der Waals surface area contributed by atoms with Crippen molar-refractivity contribution < 1.29 is 22.7 Å². The Morgan fingerprint density at radius 3 is 2.50 bits per heavy atom. The zero-order valence-corrected chi connectivity index (χ0v) is 10.3. The Morgan fingerprint density at radius 2 is 2.00 bits per heavy atom. The minimum Gasteiger partial charge on any atom is -0.381 e. The van der Waals surface area contributed by atoms with E-state index in [1.54, 1.807) is 0 Å². The largest absolute Gasteiger partial charge is 0.416 e. The maximum atomic E-state index is 12.4. The van der Waals surface area contributed by atoms with Gasteiger partial charge in [-0.05, 0) is 31.5 Å². The molecule has 18 heavy (non-hydrogen) atoms. The molecule has 0 atom stereocenters. The summed E-state index contributed by atoms with van der Waals surface area (Å²) in [7, 11) is 0. The summed E-state index contributed by atoms with van der Waals surface area (Å²) in [5, 5.41) is 0. The number of Topliss-reactive ketones (excluding diaryl/α,β-unsaturated/α-hetero) is 1. The van der Waals surface area contributed by atoms with Gasteiger partial charge in [-0.1, -0.05) is 6.07 Å². The number of rotatable bonds is 5. The molecule has 0 aliphatic rings. The van der Waals surface area contributed by atoms with Crippen molar-refractivity contribution in [3.05, 3.63) is 34.9 Å². The molecule has 1 aromatic carbocycles. The summed E-state index contributed by atoms with van der Waals surface area (Å²) in [6.45, 7) is 4.12. The van der Waals surface area contributed by atoms with Gasteiger partial charge >= 0.3 is 6.18 Å². The third-order valence-electron chi connectivity index (χ3n) is 2.53. The maximum absolute atomic E-state index is 12.4. The van der Waals surface area contributed by atoms with Gasteiger partial charge in [-0.3, -0.25) is 4.79 Å². The van der Waals surface area contributed by atoms with Crippen LogP contribution in [0, 0.1) is 6.92 Å². The number of halogens is 3. The van der Waals surface area contributed by atoms with Crippen LogP contribution in [-0.4, -0.2) is 19.0 Å². The van der Waals surface area contributed by atoms with E-state index in [4.69, 9.17) is 4.74 Å². The topological polar surface area (TPSA) is 26.3 Å². The summed E-state index contributed by atoms with van der Waals surface area (Å²) in [5.74, 6) is -0.199. The van der Waals surface area contributed by atoms with E-state index in [0.717, 1.165) is 12.1 Å². The van der Waals surface area contributed by atoms with Crippen LogP contribution >= 0.6 is 0 Å². The Morgan fingerprint density at radius 1 is 1.33 bits per heavy atom. The third-order valence-corrected chi connectivity index (χ3v) is 2.53. The molecule has 0 radical (unpaired) electrons. The minimum absolute atomic E-state index is 0.181. The lowest BCUT2D eigenvalue weighted by Gasteiger charge is -2.10. The molecule has 0 amide bonds. The summed E-state index contributed by atoms with van der Waals surface area (Å²) in [6, 6.07) is 3.15. The highest BCUT2D eigenvalue weighted by molar-refractivity contribution is 5.97. The number of hydrogen-bond donors (Lipinski definition) is 0. The average Bonchev–Trinajstić information content (AvgIpc) is 2.27. The number of ketones is 1. The number of carbonyl (C=O) groups excluding carboxylic acids is 1. The molecule has 2 nitrogen and oxygen atoms in total. The molecule has 5 heteroatoms. The Labute approximate surface area is 104 Å². The molecule has 1 rings (SSSR count). The Bertz CT molecular complexity index is 425. The molecular weight excluding hydrogens is 245 g/mol. The first-order valence-electron chi connectivity index (χ1n) is 5.65. The number of hydrogen-bond acceptors (Lipinski definition) is 2. The molecular formula is C13H15F3O2. The molecule has 0 aliphatic heterocycles. The summed E-state index contributed by atoms with van der Waals surface area (Å²) in [5.41, 5.74) is -0.0737. The Balaban J connectivity index is 2.82. The number of ether oxygens (including phenoxy) is 1. The highest BCUT2D eigenvalue weighted by atomic mass is 19.4. The average molecular weight is 260 g/mol. The van der Waals surface area contributed by atoms with Crippen molar-refractivity contribution in [3.63, 3.8) is 0 Å². The lowest BCUT2D eigenvalue weighted by molar-refractivity contribution is -0.137. The van der Waals surface area contributed by atoms with Gasteiger partial charge in [-0.25, -0.2) is 0 Å². The van der Waals surface area contributed by atoms with Crippen LogP contribution in [-0.2, 0) is 10.9 Å². The fourth-order valence-corrected chi connectivity index (χ4v) is 1.60. The zero-order chi connectivity index (χ0) is 13.8. The van der Waals surface area contributed by atoms with Gasteiger partial charge in [0.2, 0.25) is 0 Å². The zero-order valence-electron chi connectivity index (χ0n) is 10.3. The predicted octanol–water partition coefficient (Wildman–Crippen LogP) is 3.62. The van der Waals surface area contributed by atoms with E-state index in [1.807, 2.05) is 6.92 Å². The second kappa shape index (κ2) is 6.00. The predicted molar refractivity (Wildman–Crippen MR) is 61.6 cm³/mol. The molecule has 0 bridgehead atoms. The van der Waals surface area contributed by atoms with Crippen molar-refractivity contribution in [1.29, 1.82) is 0 Å². The van der Waals surface area contributed by atoms with E-state index < -0.39 is 11.7 Å². The SMILES string of the molecule is CCOCCC(=O)c1ccc(C(F)(F)F)cc1C. The Kier molecular flexibility index (Phi) is 4.90. The van der Waals surface area contributed by atoms with Crippen LogP contribution in [0.25, 0.3) is 0 Å². The molecule has 0 aromatic heterocycles.